The second-order valence-corrected chi connectivity index (χ2v) is 3.31. The smallest absolute Gasteiger partial charge is 0.331 e. The first-order valence-electron chi connectivity index (χ1n) is 4.83. The summed E-state index contributed by atoms with van der Waals surface area (Å²) in [7, 11) is 0. The predicted molar refractivity (Wildman–Crippen MR) is 58.7 cm³/mol. The van der Waals surface area contributed by atoms with E-state index in [-0.39, 0.29) is 11.7 Å². The summed E-state index contributed by atoms with van der Waals surface area (Å²) in [6.07, 6.45) is 2.16. The number of rotatable bonds is 5. The van der Waals surface area contributed by atoms with Gasteiger partial charge in [-0.1, -0.05) is 13.8 Å². The third kappa shape index (κ3) is 5.05. The molecule has 0 aliphatic carbocycles. The Morgan fingerprint density at radius 1 is 1.60 bits per heavy atom. The third-order valence-corrected chi connectivity index (χ3v) is 1.70. The number of allylic oxidation sites excluding steroid dienone is 1. The van der Waals surface area contributed by atoms with Crippen LogP contribution in [0.4, 0.5) is 0 Å². The number of nitrogens with zero attached hydrogens (tertiary/aromatic N) is 1. The highest BCUT2D eigenvalue weighted by atomic mass is 16.5. The van der Waals surface area contributed by atoms with Gasteiger partial charge >= 0.3 is 5.97 Å². The molecule has 0 bridgehead atoms. The van der Waals surface area contributed by atoms with Gasteiger partial charge in [0.2, 0.25) is 0 Å². The van der Waals surface area contributed by atoms with Crippen LogP contribution in [-0.4, -0.2) is 29.9 Å². The highest BCUT2D eigenvalue weighted by Gasteiger charge is 2.21. The van der Waals surface area contributed by atoms with Crippen LogP contribution in [0.15, 0.2) is 17.0 Å². The zero-order chi connectivity index (χ0) is 11.8. The van der Waals surface area contributed by atoms with Crippen LogP contribution in [0.5, 0.6) is 0 Å². The first-order valence-corrected chi connectivity index (χ1v) is 4.83. The molecule has 0 saturated heterocycles. The van der Waals surface area contributed by atoms with Crippen LogP contribution in [0, 0.1) is 5.92 Å². The zero-order valence-corrected chi connectivity index (χ0v) is 9.30. The molecule has 5 nitrogen and oxygen atoms in total. The number of hydrogen-bond donors (Lipinski definition) is 2. The van der Waals surface area contributed by atoms with Gasteiger partial charge in [-0.15, -0.1) is 0 Å². The maximum absolute atomic E-state index is 11.4. The molecule has 0 amide bonds. The van der Waals surface area contributed by atoms with Crippen LogP contribution in [-0.2, 0) is 9.53 Å². The summed E-state index contributed by atoms with van der Waals surface area (Å²) in [6, 6.07) is -0.605. The van der Waals surface area contributed by atoms with Gasteiger partial charge in [0.1, 0.15) is 11.8 Å². The fourth-order valence-corrected chi connectivity index (χ4v) is 0.932. The molecule has 0 saturated carbocycles. The number of hydrogen-bond acceptors (Lipinski definition) is 5. The van der Waals surface area contributed by atoms with E-state index in [1.165, 1.54) is 0 Å². The van der Waals surface area contributed by atoms with Gasteiger partial charge < -0.3 is 15.6 Å². The number of aliphatic hydroxyl groups excluding tert-OH is 1. The molecular weight excluding hydrogens is 196 g/mol. The zero-order valence-electron chi connectivity index (χ0n) is 9.30. The molecule has 1 unspecified atom stereocenters. The molecule has 0 aromatic rings. The van der Waals surface area contributed by atoms with Gasteiger partial charge in [-0.2, -0.15) is 0 Å². The molecule has 0 spiro atoms. The Morgan fingerprint density at radius 3 is 2.60 bits per heavy atom. The maximum Gasteiger partial charge on any atom is 0.331 e. The molecule has 0 aliphatic rings. The highest BCUT2D eigenvalue weighted by molar-refractivity contribution is 5.82. The van der Waals surface area contributed by atoms with E-state index in [9.17, 15) is 4.79 Å². The van der Waals surface area contributed by atoms with Crippen molar-refractivity contribution in [1.29, 1.82) is 0 Å². The van der Waals surface area contributed by atoms with Crippen molar-refractivity contribution in [1.82, 2.24) is 0 Å². The number of ether oxygens (including phenoxy) is 1. The molecule has 86 valence electrons. The summed E-state index contributed by atoms with van der Waals surface area (Å²) in [4.78, 5) is 15.3. The first kappa shape index (κ1) is 13.5. The van der Waals surface area contributed by atoms with Gasteiger partial charge in [-0.25, -0.2) is 4.79 Å². The van der Waals surface area contributed by atoms with Crippen LogP contribution in [0.1, 0.15) is 20.8 Å². The second kappa shape index (κ2) is 6.86. The Morgan fingerprint density at radius 2 is 2.20 bits per heavy atom. The number of carbonyl (C=O) groups is 1. The van der Waals surface area contributed by atoms with Gasteiger partial charge in [-0.3, -0.25) is 4.99 Å². The molecule has 15 heavy (non-hydrogen) atoms. The Balaban J connectivity index is 4.54. The number of aliphatic hydroxyl groups is 1. The summed E-state index contributed by atoms with van der Waals surface area (Å²) in [5, 5.41) is 9.03. The van der Waals surface area contributed by atoms with Crippen molar-refractivity contribution in [2.24, 2.45) is 16.6 Å². The van der Waals surface area contributed by atoms with Crippen molar-refractivity contribution in [3.05, 3.63) is 12.0 Å². The Kier molecular flexibility index (Phi) is 6.17. The normalized spacial score (nSPS) is 14.5. The Hall–Kier alpha value is -1.52. The average Bonchev–Trinajstić information content (AvgIpc) is 2.17. The minimum Gasteiger partial charge on any atom is -0.505 e. The van der Waals surface area contributed by atoms with E-state index in [1.807, 2.05) is 13.8 Å². The SMILES string of the molecule is CCOC(=O)C(N=CC(O)=CN)C(C)C. The third-order valence-electron chi connectivity index (χ3n) is 1.70. The lowest BCUT2D eigenvalue weighted by molar-refractivity contribution is -0.145. The van der Waals surface area contributed by atoms with Gasteiger partial charge in [-0.05, 0) is 12.8 Å². The number of aliphatic imine (C=N–C) groups is 1. The Bertz CT molecular complexity index is 259. The monoisotopic (exact) mass is 214 g/mol. The van der Waals surface area contributed by atoms with Crippen LogP contribution in [0.3, 0.4) is 0 Å². The van der Waals surface area contributed by atoms with Gasteiger partial charge in [0, 0.05) is 6.20 Å². The van der Waals surface area contributed by atoms with Crippen molar-refractivity contribution >= 4 is 12.2 Å². The fourth-order valence-electron chi connectivity index (χ4n) is 0.932. The molecule has 0 fully saturated rings. The molecule has 1 atom stereocenters. The largest absolute Gasteiger partial charge is 0.505 e. The summed E-state index contributed by atoms with van der Waals surface area (Å²) >= 11 is 0. The first-order chi connectivity index (χ1) is 7.02. The maximum atomic E-state index is 11.4. The molecule has 0 rings (SSSR count). The van der Waals surface area contributed by atoms with E-state index in [0.717, 1.165) is 12.4 Å². The van der Waals surface area contributed by atoms with Crippen molar-refractivity contribution in [2.75, 3.05) is 6.61 Å². The van der Waals surface area contributed by atoms with E-state index in [2.05, 4.69) is 4.99 Å². The van der Waals surface area contributed by atoms with Gasteiger partial charge in [0.05, 0.1) is 12.8 Å². The van der Waals surface area contributed by atoms with E-state index in [0.29, 0.717) is 6.61 Å². The van der Waals surface area contributed by atoms with Crippen LogP contribution < -0.4 is 5.73 Å². The quantitative estimate of drug-likeness (QED) is 0.406. The second-order valence-electron chi connectivity index (χ2n) is 3.31. The van der Waals surface area contributed by atoms with E-state index < -0.39 is 12.0 Å². The van der Waals surface area contributed by atoms with E-state index in [1.54, 1.807) is 6.92 Å². The number of nitrogens with two attached hydrogens (primary N) is 1. The standard InChI is InChI=1S/C10H18N2O3/c1-4-15-10(14)9(7(2)3)12-6-8(13)5-11/h5-7,9,13H,4,11H2,1-3H3. The molecule has 5 heteroatoms. The minimum atomic E-state index is -0.605. The molecule has 3 N–H and O–H groups in total. The minimum absolute atomic E-state index is 0.00544. The summed E-state index contributed by atoms with van der Waals surface area (Å²) in [5.74, 6) is -0.565. The summed E-state index contributed by atoms with van der Waals surface area (Å²) in [6.45, 7) is 5.75. The van der Waals surface area contributed by atoms with Crippen LogP contribution in [0.25, 0.3) is 0 Å². The van der Waals surface area contributed by atoms with Gasteiger partial charge in [0.15, 0.2) is 0 Å². The lowest BCUT2D eigenvalue weighted by atomic mass is 10.1. The summed E-state index contributed by atoms with van der Waals surface area (Å²) < 4.78 is 4.85. The van der Waals surface area contributed by atoms with E-state index >= 15 is 0 Å². The lowest BCUT2D eigenvalue weighted by Crippen LogP contribution is -2.27. The van der Waals surface area contributed by atoms with Crippen molar-refractivity contribution in [2.45, 2.75) is 26.8 Å². The topological polar surface area (TPSA) is 84.9 Å². The highest BCUT2D eigenvalue weighted by Crippen LogP contribution is 2.08. The Labute approximate surface area is 89.6 Å². The van der Waals surface area contributed by atoms with Crippen molar-refractivity contribution in [3.63, 3.8) is 0 Å². The van der Waals surface area contributed by atoms with Crippen LogP contribution in [0.2, 0.25) is 0 Å². The average molecular weight is 214 g/mol. The van der Waals surface area contributed by atoms with E-state index in [4.69, 9.17) is 15.6 Å². The van der Waals surface area contributed by atoms with Gasteiger partial charge in [0.25, 0.3) is 0 Å². The molecule has 0 aromatic carbocycles. The molecule has 0 aromatic heterocycles. The van der Waals surface area contributed by atoms with Crippen LogP contribution >= 0.6 is 0 Å². The molecule has 0 aliphatic heterocycles. The molecule has 0 heterocycles. The lowest BCUT2D eigenvalue weighted by Gasteiger charge is -2.14. The van der Waals surface area contributed by atoms with Crippen molar-refractivity contribution < 1.29 is 14.6 Å². The summed E-state index contributed by atoms with van der Waals surface area (Å²) in [5.41, 5.74) is 5.05. The number of carbonyl (C=O) groups excluding carboxylic acids is 1. The predicted octanol–water partition coefficient (Wildman–Crippen LogP) is 1.00. The molecular formula is C10H18N2O3. The van der Waals surface area contributed by atoms with Crippen molar-refractivity contribution in [3.8, 4) is 0 Å². The molecule has 0 radical (unpaired) electrons. The number of esters is 1. The fraction of sp³-hybridized carbons (Fsp3) is 0.600.